The lowest BCUT2D eigenvalue weighted by atomic mass is 9.84. The number of amides is 2. The van der Waals surface area contributed by atoms with Crippen molar-refractivity contribution in [3.8, 4) is 0 Å². The van der Waals surface area contributed by atoms with Gasteiger partial charge in [0.05, 0.1) is 23.8 Å². The van der Waals surface area contributed by atoms with Crippen LogP contribution >= 0.6 is 11.3 Å². The molecule has 1 aromatic heterocycles. The van der Waals surface area contributed by atoms with Gasteiger partial charge in [0, 0.05) is 6.54 Å². The maximum absolute atomic E-state index is 13.3. The van der Waals surface area contributed by atoms with Gasteiger partial charge in [0.1, 0.15) is 4.21 Å². The molecule has 4 N–H and O–H groups in total. The van der Waals surface area contributed by atoms with E-state index in [4.69, 9.17) is 0 Å². The Morgan fingerprint density at radius 2 is 1.65 bits per heavy atom. The largest absolute Gasteiger partial charge is 0.289 e. The predicted octanol–water partition coefficient (Wildman–Crippen LogP) is 1.31. The van der Waals surface area contributed by atoms with Gasteiger partial charge in [-0.1, -0.05) is 38.1 Å². The van der Waals surface area contributed by atoms with Crippen LogP contribution in [0.1, 0.15) is 20.3 Å². The van der Waals surface area contributed by atoms with Crippen molar-refractivity contribution in [3.05, 3.63) is 47.8 Å². The average Bonchev–Trinajstić information content (AvgIpc) is 3.32. The highest BCUT2D eigenvalue weighted by Crippen LogP contribution is 2.24. The van der Waals surface area contributed by atoms with Gasteiger partial charge in [-0.2, -0.15) is 4.41 Å². The second-order valence-electron chi connectivity index (χ2n) is 7.94. The molecular formula is C20H28N4O7S3. The van der Waals surface area contributed by atoms with Crippen molar-refractivity contribution in [3.63, 3.8) is 0 Å². The number of para-hydroxylation sites is 1. The number of carbonyl (C=O) groups is 2. The quantitative estimate of drug-likeness (QED) is 0.237. The van der Waals surface area contributed by atoms with Crippen LogP contribution in [0.5, 0.6) is 0 Å². The van der Waals surface area contributed by atoms with Crippen molar-refractivity contribution in [1.82, 2.24) is 15.6 Å². The zero-order valence-electron chi connectivity index (χ0n) is 18.8. The summed E-state index contributed by atoms with van der Waals surface area (Å²) in [4.78, 5) is 25.8. The molecule has 0 saturated heterocycles. The van der Waals surface area contributed by atoms with Crippen LogP contribution < -0.4 is 20.0 Å². The third-order valence-corrected chi connectivity index (χ3v) is 8.57. The third kappa shape index (κ3) is 7.50. The van der Waals surface area contributed by atoms with Crippen LogP contribution in [0.15, 0.2) is 52.1 Å². The van der Waals surface area contributed by atoms with Gasteiger partial charge in [-0.05, 0) is 35.9 Å². The standard InChI is InChI=1S/C20H28N4O7S3/c1-14(2)12-16(19(25)22-24(33(3,28)29)15-8-5-4-6-9-15)17(20(26)23-27)13-21-34(30,31)18-10-7-11-32-18/h4-11,14,16-17,21,27H,12-13H2,1-3H3,(H,22,25)(H,23,26)/t16-,17+/m1/s1. The molecular weight excluding hydrogens is 504 g/mol. The van der Waals surface area contributed by atoms with Crippen LogP contribution in [-0.2, 0) is 29.6 Å². The van der Waals surface area contributed by atoms with E-state index in [0.717, 1.165) is 17.6 Å². The topological polar surface area (TPSA) is 162 Å². The van der Waals surface area contributed by atoms with E-state index in [1.165, 1.54) is 23.7 Å². The van der Waals surface area contributed by atoms with Gasteiger partial charge in [0.2, 0.25) is 31.9 Å². The molecule has 34 heavy (non-hydrogen) atoms. The van der Waals surface area contributed by atoms with Gasteiger partial charge in [-0.3, -0.25) is 20.2 Å². The summed E-state index contributed by atoms with van der Waals surface area (Å²) in [6.45, 7) is 3.08. The Morgan fingerprint density at radius 1 is 1.00 bits per heavy atom. The lowest BCUT2D eigenvalue weighted by molar-refractivity contribution is -0.140. The fourth-order valence-electron chi connectivity index (χ4n) is 3.23. The highest BCUT2D eigenvalue weighted by atomic mass is 32.2. The molecule has 2 aromatic rings. The summed E-state index contributed by atoms with van der Waals surface area (Å²) in [5.41, 5.74) is 3.98. The fourth-order valence-corrected chi connectivity index (χ4v) is 6.09. The van der Waals surface area contributed by atoms with E-state index in [0.29, 0.717) is 4.41 Å². The number of rotatable bonds is 12. The second kappa shape index (κ2) is 11.8. The van der Waals surface area contributed by atoms with E-state index < -0.39 is 50.2 Å². The van der Waals surface area contributed by atoms with E-state index in [-0.39, 0.29) is 22.2 Å². The van der Waals surface area contributed by atoms with Crippen LogP contribution in [0.2, 0.25) is 0 Å². The highest BCUT2D eigenvalue weighted by molar-refractivity contribution is 7.92. The predicted molar refractivity (Wildman–Crippen MR) is 128 cm³/mol. The SMILES string of the molecule is CC(C)C[C@@H](C(=O)NN(c1ccccc1)S(C)(=O)=O)[C@H](CNS(=O)(=O)c1cccs1)C(=O)NO. The maximum atomic E-state index is 13.3. The van der Waals surface area contributed by atoms with E-state index >= 15 is 0 Å². The summed E-state index contributed by atoms with van der Waals surface area (Å²) in [5, 5.41) is 10.8. The molecule has 0 saturated carbocycles. The lowest BCUT2D eigenvalue weighted by Gasteiger charge is -2.30. The number of thiophene rings is 1. The molecule has 2 atom stereocenters. The fraction of sp³-hybridized carbons (Fsp3) is 0.400. The molecule has 11 nitrogen and oxygen atoms in total. The summed E-state index contributed by atoms with van der Waals surface area (Å²) in [6.07, 6.45) is 1.02. The Balaban J connectivity index is 2.36. The molecule has 14 heteroatoms. The Hall–Kier alpha value is -2.52. The van der Waals surface area contributed by atoms with Gasteiger partial charge in [-0.25, -0.2) is 27.0 Å². The maximum Gasteiger partial charge on any atom is 0.250 e. The van der Waals surface area contributed by atoms with E-state index in [9.17, 15) is 31.6 Å². The Kier molecular flexibility index (Phi) is 9.58. The molecule has 1 heterocycles. The summed E-state index contributed by atoms with van der Waals surface area (Å²) in [6, 6.07) is 10.7. The second-order valence-corrected chi connectivity index (χ2v) is 12.7. The molecule has 188 valence electrons. The van der Waals surface area contributed by atoms with Crippen molar-refractivity contribution < 1.29 is 31.6 Å². The number of benzene rings is 1. The molecule has 0 fully saturated rings. The molecule has 2 amide bonds. The van der Waals surface area contributed by atoms with Gasteiger partial charge in [0.15, 0.2) is 0 Å². The number of carbonyl (C=O) groups excluding carboxylic acids is 2. The summed E-state index contributed by atoms with van der Waals surface area (Å²) < 4.78 is 52.8. The van der Waals surface area contributed by atoms with Gasteiger partial charge >= 0.3 is 0 Å². The third-order valence-electron chi connectivity index (χ3n) is 4.78. The normalized spacial score (nSPS) is 13.8. The summed E-state index contributed by atoms with van der Waals surface area (Å²) >= 11 is 0.977. The van der Waals surface area contributed by atoms with E-state index in [1.807, 2.05) is 0 Å². The molecule has 0 unspecified atom stereocenters. The lowest BCUT2D eigenvalue weighted by Crippen LogP contribution is -2.52. The summed E-state index contributed by atoms with van der Waals surface area (Å²) in [7, 11) is -7.91. The minimum absolute atomic E-state index is 0.0212. The van der Waals surface area contributed by atoms with Crippen molar-refractivity contribution >= 4 is 48.9 Å². The van der Waals surface area contributed by atoms with Crippen molar-refractivity contribution in [2.45, 2.75) is 24.5 Å². The number of anilines is 1. The number of hydrazine groups is 1. The first-order valence-electron chi connectivity index (χ1n) is 10.2. The molecule has 2 rings (SSSR count). The highest BCUT2D eigenvalue weighted by Gasteiger charge is 2.37. The first-order valence-corrected chi connectivity index (χ1v) is 14.4. The molecule has 0 aliphatic carbocycles. The van der Waals surface area contributed by atoms with E-state index in [1.54, 1.807) is 43.5 Å². The minimum Gasteiger partial charge on any atom is -0.289 e. The van der Waals surface area contributed by atoms with Crippen LogP contribution in [-0.4, -0.2) is 46.7 Å². The number of sulfonamides is 2. The average molecular weight is 533 g/mol. The van der Waals surface area contributed by atoms with Gasteiger partial charge in [0.25, 0.3) is 0 Å². The van der Waals surface area contributed by atoms with Crippen LogP contribution in [0.25, 0.3) is 0 Å². The molecule has 0 aliphatic rings. The Labute approximate surface area is 203 Å². The number of hydroxylamine groups is 1. The molecule has 0 aliphatic heterocycles. The first kappa shape index (κ1) is 27.7. The molecule has 0 spiro atoms. The Bertz CT molecular complexity index is 1170. The minimum atomic E-state index is -3.96. The number of hydrogen-bond acceptors (Lipinski definition) is 8. The molecule has 1 aromatic carbocycles. The first-order chi connectivity index (χ1) is 15.9. The molecule has 0 bridgehead atoms. The molecule has 0 radical (unpaired) electrons. The smallest absolute Gasteiger partial charge is 0.250 e. The number of hydrogen-bond donors (Lipinski definition) is 4. The monoisotopic (exact) mass is 532 g/mol. The van der Waals surface area contributed by atoms with Crippen molar-refractivity contribution in [2.75, 3.05) is 17.2 Å². The summed E-state index contributed by atoms with van der Waals surface area (Å²) in [5.74, 6) is -4.44. The van der Waals surface area contributed by atoms with Crippen LogP contribution in [0.3, 0.4) is 0 Å². The van der Waals surface area contributed by atoms with Gasteiger partial charge < -0.3 is 0 Å². The van der Waals surface area contributed by atoms with Crippen molar-refractivity contribution in [2.24, 2.45) is 17.8 Å². The number of nitrogens with one attached hydrogen (secondary N) is 3. The van der Waals surface area contributed by atoms with Gasteiger partial charge in [-0.15, -0.1) is 11.3 Å². The van der Waals surface area contributed by atoms with E-state index in [2.05, 4.69) is 10.1 Å². The number of nitrogens with zero attached hydrogens (tertiary/aromatic N) is 1. The Morgan fingerprint density at radius 3 is 2.15 bits per heavy atom. The van der Waals surface area contributed by atoms with Crippen LogP contribution in [0, 0.1) is 17.8 Å². The van der Waals surface area contributed by atoms with Crippen LogP contribution in [0.4, 0.5) is 5.69 Å². The van der Waals surface area contributed by atoms with Crippen molar-refractivity contribution in [1.29, 1.82) is 0 Å². The zero-order chi connectivity index (χ0) is 25.5. The zero-order valence-corrected chi connectivity index (χ0v) is 21.3.